The molecule has 2 aliphatic rings. The van der Waals surface area contributed by atoms with Crippen molar-refractivity contribution < 1.29 is 23.9 Å². The fourth-order valence-electron chi connectivity index (χ4n) is 3.24. The number of hydrogen-bond acceptors (Lipinski definition) is 7. The number of nitrogens with zero attached hydrogens (tertiary/aromatic N) is 1. The van der Waals surface area contributed by atoms with E-state index in [4.69, 9.17) is 26.8 Å². The van der Waals surface area contributed by atoms with Crippen LogP contribution in [0.25, 0.3) is 0 Å². The summed E-state index contributed by atoms with van der Waals surface area (Å²) in [4.78, 5) is 39.4. The molecule has 148 valence electrons. The molecular weight excluding hydrogens is 404 g/mol. The van der Waals surface area contributed by atoms with Crippen LogP contribution in [0.15, 0.2) is 46.3 Å². The molecule has 0 bridgehead atoms. The number of nitrogens with two attached hydrogens (primary N) is 1. The first kappa shape index (κ1) is 20.3. The Labute approximate surface area is 171 Å². The molecule has 2 heterocycles. The van der Waals surface area contributed by atoms with E-state index in [-0.39, 0.29) is 29.5 Å². The van der Waals surface area contributed by atoms with Crippen molar-refractivity contribution in [3.63, 3.8) is 0 Å². The molecule has 1 aromatic carbocycles. The number of rotatable bonds is 4. The van der Waals surface area contributed by atoms with Gasteiger partial charge in [0, 0.05) is 5.02 Å². The van der Waals surface area contributed by atoms with Gasteiger partial charge in [-0.1, -0.05) is 35.5 Å². The monoisotopic (exact) mass is 422 g/mol. The number of amides is 1. The number of ether oxygens (including phenoxy) is 2. The van der Waals surface area contributed by atoms with E-state index >= 15 is 0 Å². The minimum Gasteiger partial charge on any atom is -0.466 e. The lowest BCUT2D eigenvalue weighted by molar-refractivity contribution is -0.139. The van der Waals surface area contributed by atoms with Crippen LogP contribution in [0.1, 0.15) is 25.3 Å². The molecule has 0 aromatic heterocycles. The molecule has 0 unspecified atom stereocenters. The first-order valence-electron chi connectivity index (χ1n) is 8.57. The van der Waals surface area contributed by atoms with Crippen LogP contribution in [0.3, 0.4) is 0 Å². The third-order valence-corrected chi connectivity index (χ3v) is 5.92. The number of methoxy groups -OCH3 is 1. The van der Waals surface area contributed by atoms with E-state index in [2.05, 4.69) is 0 Å². The van der Waals surface area contributed by atoms with E-state index in [1.54, 1.807) is 38.1 Å². The van der Waals surface area contributed by atoms with Crippen molar-refractivity contribution in [3.8, 4) is 0 Å². The molecule has 0 radical (unpaired) electrons. The highest BCUT2D eigenvalue weighted by Crippen LogP contribution is 2.49. The van der Waals surface area contributed by atoms with Gasteiger partial charge in [0.1, 0.15) is 5.82 Å². The average Bonchev–Trinajstić information content (AvgIpc) is 2.96. The van der Waals surface area contributed by atoms with E-state index in [9.17, 15) is 14.4 Å². The summed E-state index contributed by atoms with van der Waals surface area (Å²) in [7, 11) is 1.25. The van der Waals surface area contributed by atoms with Crippen molar-refractivity contribution in [3.05, 3.63) is 56.8 Å². The largest absolute Gasteiger partial charge is 0.466 e. The third kappa shape index (κ3) is 3.27. The smallest absolute Gasteiger partial charge is 0.338 e. The van der Waals surface area contributed by atoms with Crippen LogP contribution in [0.2, 0.25) is 5.02 Å². The predicted octanol–water partition coefficient (Wildman–Crippen LogP) is 2.52. The molecular formula is C19H19ClN2O5S. The number of halogens is 1. The van der Waals surface area contributed by atoms with Gasteiger partial charge in [-0.2, -0.15) is 0 Å². The summed E-state index contributed by atoms with van der Waals surface area (Å²) >= 11 is 7.20. The van der Waals surface area contributed by atoms with E-state index in [0.717, 1.165) is 0 Å². The standard InChI is InChI=1S/C19H19ClN2O5S/c1-4-27-19(25)13-12(10-5-7-11(20)8-6-10)14(18(24)26-3)17-22(15(13)21)16(23)9(2)28-17/h5-9,12H,4,21H2,1-3H3/t9-,12-/m0/s1. The first-order valence-corrected chi connectivity index (χ1v) is 9.82. The van der Waals surface area contributed by atoms with Crippen LogP contribution in [-0.4, -0.2) is 41.7 Å². The minimum atomic E-state index is -0.847. The summed E-state index contributed by atoms with van der Waals surface area (Å²) in [6.45, 7) is 3.49. The van der Waals surface area contributed by atoms with Gasteiger partial charge in [0.15, 0.2) is 0 Å². The fourth-order valence-corrected chi connectivity index (χ4v) is 4.52. The fraction of sp³-hybridized carbons (Fsp3) is 0.316. The third-order valence-electron chi connectivity index (χ3n) is 4.49. The van der Waals surface area contributed by atoms with Gasteiger partial charge in [0.05, 0.1) is 41.1 Å². The van der Waals surface area contributed by atoms with Gasteiger partial charge in [-0.05, 0) is 31.5 Å². The van der Waals surface area contributed by atoms with Crippen LogP contribution in [0, 0.1) is 0 Å². The van der Waals surface area contributed by atoms with Crippen LogP contribution in [-0.2, 0) is 23.9 Å². The number of fused-ring (bicyclic) bond motifs is 1. The van der Waals surface area contributed by atoms with Crippen LogP contribution < -0.4 is 5.73 Å². The zero-order valence-corrected chi connectivity index (χ0v) is 17.1. The molecule has 0 spiro atoms. The normalized spacial score (nSPS) is 21.7. The summed E-state index contributed by atoms with van der Waals surface area (Å²) in [5.41, 5.74) is 7.07. The van der Waals surface area contributed by atoms with Crippen LogP contribution in [0.4, 0.5) is 0 Å². The van der Waals surface area contributed by atoms with Crippen molar-refractivity contribution in [2.75, 3.05) is 13.7 Å². The number of carbonyl (C=O) groups excluding carboxylic acids is 3. The van der Waals surface area contributed by atoms with Gasteiger partial charge in [-0.25, -0.2) is 9.59 Å². The Morgan fingerprint density at radius 1 is 1.21 bits per heavy atom. The number of hydrogen-bond donors (Lipinski definition) is 1. The molecule has 2 atom stereocenters. The Morgan fingerprint density at radius 3 is 2.43 bits per heavy atom. The maximum Gasteiger partial charge on any atom is 0.338 e. The van der Waals surface area contributed by atoms with Crippen molar-refractivity contribution >= 4 is 41.2 Å². The van der Waals surface area contributed by atoms with Gasteiger partial charge in [-0.15, -0.1) is 0 Å². The van der Waals surface area contributed by atoms with Gasteiger partial charge in [-0.3, -0.25) is 9.69 Å². The van der Waals surface area contributed by atoms with Gasteiger partial charge >= 0.3 is 11.9 Å². The highest BCUT2D eigenvalue weighted by Gasteiger charge is 2.48. The van der Waals surface area contributed by atoms with Crippen molar-refractivity contribution in [2.45, 2.75) is 25.0 Å². The second kappa shape index (κ2) is 7.89. The SMILES string of the molecule is CCOC(=O)C1=C(N)N2C(=O)[C@H](C)SC2=C(C(=O)OC)[C@H]1c1ccc(Cl)cc1. The Bertz CT molecular complexity index is 909. The van der Waals surface area contributed by atoms with E-state index in [1.165, 1.54) is 23.8 Å². The van der Waals surface area contributed by atoms with Crippen molar-refractivity contribution in [2.24, 2.45) is 5.73 Å². The second-order valence-electron chi connectivity index (χ2n) is 6.15. The molecule has 2 aliphatic heterocycles. The lowest BCUT2D eigenvalue weighted by atomic mass is 9.82. The molecule has 1 aromatic rings. The second-order valence-corrected chi connectivity index (χ2v) is 7.91. The Hall–Kier alpha value is -2.45. The maximum atomic E-state index is 12.8. The molecule has 0 saturated carbocycles. The minimum absolute atomic E-state index is 0.0244. The highest BCUT2D eigenvalue weighted by atomic mass is 35.5. The molecule has 2 N–H and O–H groups in total. The lowest BCUT2D eigenvalue weighted by Crippen LogP contribution is -2.40. The Kier molecular flexibility index (Phi) is 5.71. The summed E-state index contributed by atoms with van der Waals surface area (Å²) in [5.74, 6) is -2.54. The van der Waals surface area contributed by atoms with Gasteiger partial charge < -0.3 is 15.2 Å². The van der Waals surface area contributed by atoms with E-state index < -0.39 is 23.1 Å². The zero-order valence-electron chi connectivity index (χ0n) is 15.5. The lowest BCUT2D eigenvalue weighted by Gasteiger charge is -2.33. The first-order chi connectivity index (χ1) is 13.3. The summed E-state index contributed by atoms with van der Waals surface area (Å²) in [6, 6.07) is 6.70. The number of esters is 2. The van der Waals surface area contributed by atoms with Gasteiger partial charge in [0.25, 0.3) is 0 Å². The highest BCUT2D eigenvalue weighted by molar-refractivity contribution is 8.04. The summed E-state index contributed by atoms with van der Waals surface area (Å²) in [6.07, 6.45) is 0. The van der Waals surface area contributed by atoms with Crippen molar-refractivity contribution in [1.82, 2.24) is 4.90 Å². The summed E-state index contributed by atoms with van der Waals surface area (Å²) < 4.78 is 10.2. The number of thioether (sulfide) groups is 1. The zero-order chi connectivity index (χ0) is 20.6. The molecule has 7 nitrogen and oxygen atoms in total. The predicted molar refractivity (Wildman–Crippen MR) is 105 cm³/mol. The molecule has 1 fully saturated rings. The Morgan fingerprint density at radius 2 is 1.86 bits per heavy atom. The molecule has 3 rings (SSSR count). The van der Waals surface area contributed by atoms with Crippen molar-refractivity contribution in [1.29, 1.82) is 0 Å². The maximum absolute atomic E-state index is 12.8. The van der Waals surface area contributed by atoms with Gasteiger partial charge in [0.2, 0.25) is 5.91 Å². The quantitative estimate of drug-likeness (QED) is 0.744. The topological polar surface area (TPSA) is 98.9 Å². The van der Waals surface area contributed by atoms with Crippen LogP contribution in [0.5, 0.6) is 0 Å². The number of benzene rings is 1. The number of carbonyl (C=O) groups is 3. The molecule has 9 heteroatoms. The average molecular weight is 423 g/mol. The molecule has 1 saturated heterocycles. The van der Waals surface area contributed by atoms with E-state index in [0.29, 0.717) is 15.6 Å². The van der Waals surface area contributed by atoms with Crippen LogP contribution >= 0.6 is 23.4 Å². The molecule has 28 heavy (non-hydrogen) atoms. The summed E-state index contributed by atoms with van der Waals surface area (Å²) in [5, 5.41) is 0.414. The Balaban J connectivity index is 2.30. The molecule has 0 aliphatic carbocycles. The van der Waals surface area contributed by atoms with E-state index in [1.807, 2.05) is 0 Å². The molecule has 1 amide bonds.